The van der Waals surface area contributed by atoms with Crippen molar-refractivity contribution in [1.29, 1.82) is 0 Å². The molecule has 0 spiro atoms. The van der Waals surface area contributed by atoms with Crippen molar-refractivity contribution in [2.75, 3.05) is 0 Å². The maximum Gasteiger partial charge on any atom is 0.348 e. The van der Waals surface area contributed by atoms with E-state index in [4.69, 9.17) is 10.5 Å². The van der Waals surface area contributed by atoms with Crippen molar-refractivity contribution in [1.82, 2.24) is 0 Å². The third kappa shape index (κ3) is 2.32. The number of hydrogen-bond donors (Lipinski definition) is 1. The molecule has 0 radical (unpaired) electrons. The third-order valence-corrected chi connectivity index (χ3v) is 4.32. The van der Waals surface area contributed by atoms with Crippen molar-refractivity contribution in [3.8, 4) is 0 Å². The van der Waals surface area contributed by atoms with Crippen LogP contribution in [0.4, 0.5) is 0 Å². The van der Waals surface area contributed by atoms with Crippen molar-refractivity contribution in [3.63, 3.8) is 0 Å². The molecular formula is C11H11NO3S2. The van der Waals surface area contributed by atoms with Gasteiger partial charge in [0.25, 0.3) is 0 Å². The zero-order chi connectivity index (χ0) is 12.6. The minimum atomic E-state index is -0.474. The first kappa shape index (κ1) is 12.1. The molecule has 0 bridgehead atoms. The number of nitrogens with two attached hydrogens (primary N) is 1. The van der Waals surface area contributed by atoms with E-state index in [-0.39, 0.29) is 12.1 Å². The monoisotopic (exact) mass is 269 g/mol. The highest BCUT2D eigenvalue weighted by Crippen LogP contribution is 2.34. The summed E-state index contributed by atoms with van der Waals surface area (Å²) in [5, 5.41) is 2.45. The predicted octanol–water partition coefficient (Wildman–Crippen LogP) is 2.63. The van der Waals surface area contributed by atoms with Gasteiger partial charge in [0, 0.05) is 10.8 Å². The van der Waals surface area contributed by atoms with Gasteiger partial charge in [0.05, 0.1) is 15.7 Å². The second-order valence-electron chi connectivity index (χ2n) is 3.78. The molecule has 2 N–H and O–H groups in total. The number of primary amides is 1. The summed E-state index contributed by atoms with van der Waals surface area (Å²) in [7, 11) is 0. The molecular weight excluding hydrogens is 258 g/mol. The minimum absolute atomic E-state index is 0.154. The second-order valence-corrected chi connectivity index (χ2v) is 5.97. The first-order valence-corrected chi connectivity index (χ1v) is 6.70. The molecule has 0 saturated carbocycles. The van der Waals surface area contributed by atoms with E-state index in [0.717, 1.165) is 9.40 Å². The number of amides is 1. The van der Waals surface area contributed by atoms with Crippen LogP contribution in [-0.2, 0) is 4.74 Å². The summed E-state index contributed by atoms with van der Waals surface area (Å²) in [4.78, 5) is 23.3. The number of rotatable bonds is 3. The fourth-order valence-corrected chi connectivity index (χ4v) is 3.55. The van der Waals surface area contributed by atoms with Gasteiger partial charge in [0.2, 0.25) is 5.91 Å². The molecule has 0 atom stereocenters. The van der Waals surface area contributed by atoms with Gasteiger partial charge in [-0.2, -0.15) is 0 Å². The standard InChI is InChI=1S/C11H11NO3S2/c1-5(2)15-10(14)8-3-6-7(9(12)13)4-16-11(6)17-8/h3-5H,1-2H3,(H2,12,13). The van der Waals surface area contributed by atoms with Gasteiger partial charge < -0.3 is 10.5 Å². The molecule has 0 aliphatic carbocycles. The molecule has 2 aromatic rings. The molecule has 0 saturated heterocycles. The summed E-state index contributed by atoms with van der Waals surface area (Å²) in [6.45, 7) is 3.59. The molecule has 2 rings (SSSR count). The smallest absolute Gasteiger partial charge is 0.348 e. The van der Waals surface area contributed by atoms with Crippen LogP contribution in [0.5, 0.6) is 0 Å². The minimum Gasteiger partial charge on any atom is -0.459 e. The summed E-state index contributed by atoms with van der Waals surface area (Å²) in [6.07, 6.45) is -0.154. The summed E-state index contributed by atoms with van der Waals surface area (Å²) < 4.78 is 6.01. The fraction of sp³-hybridized carbons (Fsp3) is 0.273. The topological polar surface area (TPSA) is 69.4 Å². The zero-order valence-corrected chi connectivity index (χ0v) is 11.0. The summed E-state index contributed by atoms with van der Waals surface area (Å²) in [5.74, 6) is -0.832. The lowest BCUT2D eigenvalue weighted by Gasteiger charge is -2.05. The fourth-order valence-electron chi connectivity index (χ4n) is 1.39. The van der Waals surface area contributed by atoms with Gasteiger partial charge in [-0.15, -0.1) is 22.7 Å². The van der Waals surface area contributed by atoms with Crippen molar-refractivity contribution in [3.05, 3.63) is 21.9 Å². The van der Waals surface area contributed by atoms with Crippen LogP contribution >= 0.6 is 22.7 Å². The van der Waals surface area contributed by atoms with Crippen LogP contribution in [0.1, 0.15) is 33.9 Å². The van der Waals surface area contributed by atoms with Crippen LogP contribution in [0.25, 0.3) is 9.40 Å². The lowest BCUT2D eigenvalue weighted by atomic mass is 10.2. The summed E-state index contributed by atoms with van der Waals surface area (Å²) >= 11 is 2.73. The van der Waals surface area contributed by atoms with Crippen LogP contribution in [0.2, 0.25) is 0 Å². The number of thiophene rings is 2. The van der Waals surface area contributed by atoms with Gasteiger partial charge in [0.1, 0.15) is 4.88 Å². The van der Waals surface area contributed by atoms with E-state index >= 15 is 0 Å². The number of carbonyl (C=O) groups excluding carboxylic acids is 2. The van der Waals surface area contributed by atoms with Crippen LogP contribution in [-0.4, -0.2) is 18.0 Å². The number of carbonyl (C=O) groups is 2. The molecule has 6 heteroatoms. The molecule has 0 aliphatic heterocycles. The maximum atomic E-state index is 11.7. The van der Waals surface area contributed by atoms with E-state index in [2.05, 4.69) is 0 Å². The van der Waals surface area contributed by atoms with E-state index in [1.54, 1.807) is 25.3 Å². The molecule has 0 unspecified atom stereocenters. The van der Waals surface area contributed by atoms with Crippen LogP contribution in [0.15, 0.2) is 11.4 Å². The Morgan fingerprint density at radius 2 is 2.12 bits per heavy atom. The molecule has 1 amide bonds. The number of hydrogen-bond acceptors (Lipinski definition) is 5. The van der Waals surface area contributed by atoms with Gasteiger partial charge in [0.15, 0.2) is 0 Å². The SMILES string of the molecule is CC(C)OC(=O)c1cc2c(C(N)=O)csc2s1. The molecule has 17 heavy (non-hydrogen) atoms. The highest BCUT2D eigenvalue weighted by molar-refractivity contribution is 7.38. The Bertz CT molecular complexity index is 583. The second kappa shape index (κ2) is 4.46. The summed E-state index contributed by atoms with van der Waals surface area (Å²) in [5.41, 5.74) is 5.71. The molecule has 2 heterocycles. The van der Waals surface area contributed by atoms with Crippen molar-refractivity contribution in [2.24, 2.45) is 5.73 Å². The van der Waals surface area contributed by atoms with Gasteiger partial charge in [-0.3, -0.25) is 4.79 Å². The van der Waals surface area contributed by atoms with E-state index in [0.29, 0.717) is 10.4 Å². The Morgan fingerprint density at radius 1 is 1.41 bits per heavy atom. The third-order valence-electron chi connectivity index (χ3n) is 2.08. The van der Waals surface area contributed by atoms with Gasteiger partial charge in [-0.1, -0.05) is 0 Å². The average Bonchev–Trinajstić information content (AvgIpc) is 2.72. The van der Waals surface area contributed by atoms with Crippen LogP contribution in [0.3, 0.4) is 0 Å². The first-order valence-electron chi connectivity index (χ1n) is 5.01. The average molecular weight is 269 g/mol. The van der Waals surface area contributed by atoms with Crippen molar-refractivity contribution < 1.29 is 14.3 Å². The predicted molar refractivity (Wildman–Crippen MR) is 68.8 cm³/mol. The van der Waals surface area contributed by atoms with Crippen molar-refractivity contribution in [2.45, 2.75) is 20.0 Å². The van der Waals surface area contributed by atoms with E-state index in [1.165, 1.54) is 22.7 Å². The Kier molecular flexibility index (Phi) is 3.17. The van der Waals surface area contributed by atoms with Crippen molar-refractivity contribution >= 4 is 43.9 Å². The van der Waals surface area contributed by atoms with E-state index in [9.17, 15) is 9.59 Å². The highest BCUT2D eigenvalue weighted by atomic mass is 32.2. The molecule has 2 aromatic heterocycles. The van der Waals surface area contributed by atoms with Crippen LogP contribution in [0, 0.1) is 0 Å². The molecule has 4 nitrogen and oxygen atoms in total. The lowest BCUT2D eigenvalue weighted by molar-refractivity contribution is 0.0384. The van der Waals surface area contributed by atoms with Gasteiger partial charge in [-0.25, -0.2) is 4.79 Å². The normalized spacial score (nSPS) is 11.0. The zero-order valence-electron chi connectivity index (χ0n) is 9.35. The molecule has 0 fully saturated rings. The van der Waals surface area contributed by atoms with Gasteiger partial charge >= 0.3 is 5.97 Å². The van der Waals surface area contributed by atoms with Gasteiger partial charge in [-0.05, 0) is 19.9 Å². The molecule has 0 aliphatic rings. The van der Waals surface area contributed by atoms with Crippen LogP contribution < -0.4 is 5.73 Å². The highest BCUT2D eigenvalue weighted by Gasteiger charge is 2.17. The molecule has 0 aromatic carbocycles. The quantitative estimate of drug-likeness (QED) is 0.871. The Morgan fingerprint density at radius 3 is 2.71 bits per heavy atom. The Labute approximate surface area is 106 Å². The largest absolute Gasteiger partial charge is 0.459 e. The number of esters is 1. The number of ether oxygens (including phenoxy) is 1. The Balaban J connectivity index is 2.38. The lowest BCUT2D eigenvalue weighted by Crippen LogP contribution is -2.10. The summed E-state index contributed by atoms with van der Waals surface area (Å²) in [6, 6.07) is 1.67. The van der Waals surface area contributed by atoms with E-state index < -0.39 is 5.91 Å². The Hall–Kier alpha value is -1.40. The number of fused-ring (bicyclic) bond motifs is 1. The van der Waals surface area contributed by atoms with E-state index in [1.807, 2.05) is 0 Å². The first-order chi connectivity index (χ1) is 7.99. The maximum absolute atomic E-state index is 11.7. The molecule has 90 valence electrons.